The average Bonchev–Trinajstić information content (AvgIpc) is 3.77. The number of nitrogens with zero attached hydrogens (tertiary/aromatic N) is 2. The number of anilines is 5. The smallest absolute Gasteiger partial charge is 0.333 e. The summed E-state index contributed by atoms with van der Waals surface area (Å²) in [6.07, 6.45) is 0. The van der Waals surface area contributed by atoms with Crippen LogP contribution in [0, 0.1) is 0 Å². The van der Waals surface area contributed by atoms with Gasteiger partial charge in [0.2, 0.25) is 0 Å². The molecule has 11 aromatic rings. The summed E-state index contributed by atoms with van der Waals surface area (Å²) in [5.74, 6) is 1.83. The van der Waals surface area contributed by atoms with Gasteiger partial charge in [-0.25, -0.2) is 0 Å². The molecule has 4 heterocycles. The molecule has 3 aliphatic heterocycles. The monoisotopic (exact) mass is 886 g/mol. The molecule has 0 aliphatic carbocycles. The quantitative estimate of drug-likeness (QED) is 0.160. The summed E-state index contributed by atoms with van der Waals surface area (Å²) in [5.41, 5.74) is 20.0. The fraction of sp³-hybridized carbons (Fsp3) is 0.0476. The third kappa shape index (κ3) is 5.85. The maximum Gasteiger partial charge on any atom is 0.333 e. The zero-order valence-corrected chi connectivity index (χ0v) is 38.5. The fourth-order valence-electron chi connectivity index (χ4n) is 11.4. The van der Waals surface area contributed by atoms with E-state index in [-0.39, 0.29) is 12.3 Å². The first-order chi connectivity index (χ1) is 33.5. The van der Waals surface area contributed by atoms with E-state index in [1.165, 1.54) is 104 Å². The van der Waals surface area contributed by atoms with Crippen molar-refractivity contribution in [3.8, 4) is 56.0 Å². The molecule has 14 rings (SSSR count). The average molecular weight is 887 g/mol. The number of hydrogen-bond donors (Lipinski definition) is 0. The van der Waals surface area contributed by atoms with E-state index in [2.05, 4.69) is 248 Å². The third-order valence-corrected chi connectivity index (χ3v) is 15.8. The van der Waals surface area contributed by atoms with E-state index in [0.29, 0.717) is 0 Å². The number of ether oxygens (including phenoxy) is 1. The molecular weight excluding hydrogens is 844 g/mol. The number of benzene rings is 10. The van der Waals surface area contributed by atoms with Crippen molar-refractivity contribution in [3.05, 3.63) is 236 Å². The zero-order valence-electron chi connectivity index (χ0n) is 37.7. The molecule has 0 saturated heterocycles. The van der Waals surface area contributed by atoms with Crippen LogP contribution in [0.4, 0.5) is 28.4 Å². The minimum absolute atomic E-state index is 0.186. The molecule has 0 fully saturated rings. The number of rotatable bonds is 5. The van der Waals surface area contributed by atoms with Crippen molar-refractivity contribution in [1.29, 1.82) is 0 Å². The van der Waals surface area contributed by atoms with E-state index in [0.717, 1.165) is 22.9 Å². The van der Waals surface area contributed by atoms with Crippen LogP contribution in [0.3, 0.4) is 0 Å². The van der Waals surface area contributed by atoms with E-state index in [1.54, 1.807) is 0 Å². The number of hydrogen-bond acceptors (Lipinski definition) is 4. The van der Waals surface area contributed by atoms with Crippen molar-refractivity contribution in [3.63, 3.8) is 0 Å². The highest BCUT2D eigenvalue weighted by molar-refractivity contribution is 7.26. The van der Waals surface area contributed by atoms with Crippen molar-refractivity contribution in [1.82, 2.24) is 0 Å². The first-order valence-electron chi connectivity index (χ1n) is 23.5. The van der Waals surface area contributed by atoms with Crippen LogP contribution in [0.2, 0.25) is 0 Å². The topological polar surface area (TPSA) is 15.7 Å². The molecule has 0 spiro atoms. The summed E-state index contributed by atoms with van der Waals surface area (Å²) >= 11 is 1.89. The maximum absolute atomic E-state index is 7.01. The van der Waals surface area contributed by atoms with Crippen LogP contribution in [0.25, 0.3) is 64.7 Å². The van der Waals surface area contributed by atoms with Crippen molar-refractivity contribution < 1.29 is 4.74 Å². The highest BCUT2D eigenvalue weighted by Crippen LogP contribution is 2.56. The van der Waals surface area contributed by atoms with Crippen LogP contribution >= 0.6 is 11.3 Å². The maximum atomic E-state index is 7.01. The van der Waals surface area contributed by atoms with Gasteiger partial charge < -0.3 is 14.4 Å². The van der Waals surface area contributed by atoms with Gasteiger partial charge in [0.1, 0.15) is 11.5 Å². The number of fused-ring (bicyclic) bond motifs is 10. The lowest BCUT2D eigenvalue weighted by Crippen LogP contribution is -2.61. The second kappa shape index (κ2) is 14.9. The Labute approximate surface area is 400 Å². The van der Waals surface area contributed by atoms with Gasteiger partial charge in [0.25, 0.3) is 0 Å². The summed E-state index contributed by atoms with van der Waals surface area (Å²) in [4.78, 5) is 5.19. The van der Waals surface area contributed by atoms with Gasteiger partial charge in [0.05, 0.1) is 0 Å². The second-order valence-electron chi connectivity index (χ2n) is 18.8. The van der Waals surface area contributed by atoms with E-state index >= 15 is 0 Å². The summed E-state index contributed by atoms with van der Waals surface area (Å²) in [5, 5.41) is 2.58. The Hall–Kier alpha value is -8.12. The normalized spacial score (nSPS) is 13.9. The SMILES string of the molecule is CC1(C)c2ccccc2Oc2cc3c(cc21)N(c1ccc(-c2ccccc2)cc1)B1c2cc(-c4ccccc4)ccc2N(c2ccc(-c4ccccc4)cc2)c2cc4sc5ccccc5c4c-3c21. The Morgan fingerprint density at radius 3 is 1.71 bits per heavy atom. The van der Waals surface area contributed by atoms with E-state index in [1.807, 2.05) is 11.3 Å². The Morgan fingerprint density at radius 1 is 0.441 bits per heavy atom. The minimum Gasteiger partial charge on any atom is -0.457 e. The number of para-hydroxylation sites is 1. The van der Waals surface area contributed by atoms with Crippen LogP contribution in [0.5, 0.6) is 11.5 Å². The predicted molar refractivity (Wildman–Crippen MR) is 288 cm³/mol. The van der Waals surface area contributed by atoms with E-state index in [9.17, 15) is 0 Å². The molecule has 3 nitrogen and oxygen atoms in total. The highest BCUT2D eigenvalue weighted by atomic mass is 32.1. The van der Waals surface area contributed by atoms with Crippen molar-refractivity contribution in [2.24, 2.45) is 0 Å². The summed E-state index contributed by atoms with van der Waals surface area (Å²) in [7, 11) is 0. The lowest BCUT2D eigenvalue weighted by molar-refractivity contribution is 0.418. The predicted octanol–water partition coefficient (Wildman–Crippen LogP) is 16.2. The molecule has 10 aromatic carbocycles. The van der Waals surface area contributed by atoms with Crippen molar-refractivity contribution >= 4 is 77.7 Å². The van der Waals surface area contributed by atoms with Gasteiger partial charge in [-0.15, -0.1) is 11.3 Å². The van der Waals surface area contributed by atoms with Crippen LogP contribution < -0.4 is 25.4 Å². The largest absolute Gasteiger partial charge is 0.457 e. The molecule has 0 atom stereocenters. The van der Waals surface area contributed by atoms with Crippen LogP contribution in [-0.4, -0.2) is 6.85 Å². The summed E-state index contributed by atoms with van der Waals surface area (Å²) in [6.45, 7) is 4.51. The van der Waals surface area contributed by atoms with Gasteiger partial charge in [0, 0.05) is 70.7 Å². The Kier molecular flexibility index (Phi) is 8.59. The van der Waals surface area contributed by atoms with Gasteiger partial charge in [0.15, 0.2) is 0 Å². The molecule has 0 N–H and O–H groups in total. The molecule has 0 unspecified atom stereocenters. The molecule has 0 radical (unpaired) electrons. The number of thiophene rings is 1. The Morgan fingerprint density at radius 2 is 1.01 bits per heavy atom. The van der Waals surface area contributed by atoms with Gasteiger partial charge in [-0.2, -0.15) is 0 Å². The van der Waals surface area contributed by atoms with Crippen LogP contribution in [-0.2, 0) is 5.41 Å². The molecule has 1 aromatic heterocycles. The van der Waals surface area contributed by atoms with Crippen LogP contribution in [0.1, 0.15) is 25.0 Å². The standard InChI is InChI=1S/C63H43BN2OS/c1-63(2)50-23-13-14-24-56(50)67-57-37-49-54(38-51(57)63)66(47-33-28-44(29-34-47)41-18-8-4-9-19-41)64-52-36-45(42-20-10-5-11-21-42)30-35-53(52)65(46-31-26-43(27-32-46)40-16-6-3-7-17-40)55-39-59-60(61(49)62(55)64)48-22-12-15-25-58(48)68-59/h3-39H,1-2H3. The summed E-state index contributed by atoms with van der Waals surface area (Å²) in [6, 6.07) is 82.7. The fourth-order valence-corrected chi connectivity index (χ4v) is 12.6. The highest BCUT2D eigenvalue weighted by Gasteiger charge is 2.48. The summed E-state index contributed by atoms with van der Waals surface area (Å²) < 4.78 is 9.56. The van der Waals surface area contributed by atoms with Crippen molar-refractivity contribution in [2.45, 2.75) is 19.3 Å². The van der Waals surface area contributed by atoms with Crippen LogP contribution in [0.15, 0.2) is 224 Å². The Balaban J connectivity index is 1.10. The molecule has 5 heteroatoms. The van der Waals surface area contributed by atoms with Crippen molar-refractivity contribution in [2.75, 3.05) is 9.71 Å². The second-order valence-corrected chi connectivity index (χ2v) is 19.9. The van der Waals surface area contributed by atoms with Gasteiger partial charge in [-0.05, 0) is 111 Å². The molecule has 0 bridgehead atoms. The Bertz CT molecular complexity index is 3790. The molecule has 0 saturated carbocycles. The molecule has 3 aliphatic rings. The van der Waals surface area contributed by atoms with Gasteiger partial charge in [-0.3, -0.25) is 0 Å². The lowest BCUT2D eigenvalue weighted by atomic mass is 9.43. The van der Waals surface area contributed by atoms with Gasteiger partial charge in [-0.1, -0.05) is 178 Å². The molecule has 320 valence electrons. The third-order valence-electron chi connectivity index (χ3n) is 14.7. The lowest BCUT2D eigenvalue weighted by Gasteiger charge is -2.47. The first kappa shape index (κ1) is 39.1. The molecule has 68 heavy (non-hydrogen) atoms. The minimum atomic E-state index is -0.317. The van der Waals surface area contributed by atoms with E-state index < -0.39 is 0 Å². The molecular formula is C63H43BN2OS. The van der Waals surface area contributed by atoms with E-state index in [4.69, 9.17) is 4.74 Å². The first-order valence-corrected chi connectivity index (χ1v) is 24.3. The molecule has 0 amide bonds. The van der Waals surface area contributed by atoms with Gasteiger partial charge >= 0.3 is 6.85 Å². The zero-order chi connectivity index (χ0) is 45.1.